The molecule has 0 saturated carbocycles. The molecule has 5 nitrogen and oxygen atoms in total. The maximum atomic E-state index is 11.9. The highest BCUT2D eigenvalue weighted by atomic mass is 35.5. The van der Waals surface area contributed by atoms with Crippen molar-refractivity contribution in [3.8, 4) is 0 Å². The molecule has 2 aromatic rings. The fourth-order valence-electron chi connectivity index (χ4n) is 1.87. The molecular formula is C14H15Cl2N3O2. The number of imidazole rings is 1. The van der Waals surface area contributed by atoms with Gasteiger partial charge in [0.15, 0.2) is 0 Å². The largest absolute Gasteiger partial charge is 0.386 e. The second kappa shape index (κ2) is 6.93. The van der Waals surface area contributed by atoms with Crippen LogP contribution < -0.4 is 5.32 Å². The van der Waals surface area contributed by atoms with Crippen LogP contribution in [0, 0.1) is 0 Å². The van der Waals surface area contributed by atoms with E-state index < -0.39 is 6.10 Å². The number of rotatable bonds is 5. The quantitative estimate of drug-likeness (QED) is 0.790. The van der Waals surface area contributed by atoms with Crippen molar-refractivity contribution < 1.29 is 9.90 Å². The van der Waals surface area contributed by atoms with Gasteiger partial charge in [0.25, 0.3) is 5.91 Å². The van der Waals surface area contributed by atoms with Crippen molar-refractivity contribution in [1.82, 2.24) is 15.3 Å². The summed E-state index contributed by atoms with van der Waals surface area (Å²) < 4.78 is 0. The molecule has 1 heterocycles. The number of H-pyrrole nitrogens is 1. The zero-order valence-corrected chi connectivity index (χ0v) is 12.9. The van der Waals surface area contributed by atoms with Gasteiger partial charge in [0.2, 0.25) is 0 Å². The van der Waals surface area contributed by atoms with Crippen molar-refractivity contribution in [3.63, 3.8) is 0 Å². The Balaban J connectivity index is 2.00. The van der Waals surface area contributed by atoms with Crippen LogP contribution >= 0.6 is 23.2 Å². The van der Waals surface area contributed by atoms with Crippen molar-refractivity contribution in [2.45, 2.75) is 19.4 Å². The number of aliphatic hydroxyl groups is 1. The summed E-state index contributed by atoms with van der Waals surface area (Å²) in [6.07, 6.45) is 1.19. The van der Waals surface area contributed by atoms with Crippen LogP contribution in [0.3, 0.4) is 0 Å². The molecule has 7 heteroatoms. The number of hydrogen-bond acceptors (Lipinski definition) is 3. The number of amides is 1. The van der Waals surface area contributed by atoms with Gasteiger partial charge in [0, 0.05) is 28.6 Å². The number of carbonyl (C=O) groups is 1. The lowest BCUT2D eigenvalue weighted by atomic mass is 10.1. The van der Waals surface area contributed by atoms with Gasteiger partial charge in [-0.3, -0.25) is 4.79 Å². The van der Waals surface area contributed by atoms with Gasteiger partial charge in [0.05, 0.1) is 12.3 Å². The Hall–Kier alpha value is -1.56. The molecule has 0 aliphatic rings. The zero-order chi connectivity index (χ0) is 15.4. The fraction of sp³-hybridized carbons (Fsp3) is 0.286. The first-order valence-electron chi connectivity index (χ1n) is 6.47. The van der Waals surface area contributed by atoms with Gasteiger partial charge in [-0.15, -0.1) is 0 Å². The first-order valence-corrected chi connectivity index (χ1v) is 7.22. The van der Waals surface area contributed by atoms with Crippen LogP contribution in [0.4, 0.5) is 0 Å². The van der Waals surface area contributed by atoms with Gasteiger partial charge in [-0.2, -0.15) is 0 Å². The molecule has 0 bridgehead atoms. The predicted molar refractivity (Wildman–Crippen MR) is 81.7 cm³/mol. The maximum absolute atomic E-state index is 11.9. The predicted octanol–water partition coefficient (Wildman–Crippen LogP) is 2.74. The lowest BCUT2D eigenvalue weighted by Gasteiger charge is -2.14. The van der Waals surface area contributed by atoms with Gasteiger partial charge in [-0.25, -0.2) is 4.98 Å². The smallest absolute Gasteiger partial charge is 0.269 e. The summed E-state index contributed by atoms with van der Waals surface area (Å²) in [5, 5.41) is 13.5. The molecule has 21 heavy (non-hydrogen) atoms. The first-order chi connectivity index (χ1) is 10.0. The van der Waals surface area contributed by atoms with Gasteiger partial charge in [0.1, 0.15) is 11.5 Å². The van der Waals surface area contributed by atoms with E-state index in [1.807, 2.05) is 6.92 Å². The van der Waals surface area contributed by atoms with E-state index in [2.05, 4.69) is 15.3 Å². The van der Waals surface area contributed by atoms with Gasteiger partial charge in [-0.1, -0.05) is 36.2 Å². The average Bonchev–Trinajstić information content (AvgIpc) is 2.93. The van der Waals surface area contributed by atoms with Crippen molar-refractivity contribution in [2.24, 2.45) is 0 Å². The molecule has 0 saturated heterocycles. The Morgan fingerprint density at radius 1 is 1.43 bits per heavy atom. The molecule has 2 rings (SSSR count). The van der Waals surface area contributed by atoms with E-state index in [4.69, 9.17) is 23.2 Å². The van der Waals surface area contributed by atoms with E-state index in [-0.39, 0.29) is 12.5 Å². The van der Waals surface area contributed by atoms with Crippen LogP contribution in [0.15, 0.2) is 24.4 Å². The standard InChI is InChI=1S/C14H15Cl2N3O2/c1-2-12-17-6-10(19-12)14(21)18-7-11(20)13-8(15)4-3-5-9(13)16/h3-6,11,20H,2,7H2,1H3,(H,17,19)(H,18,21). The number of aromatic amines is 1. The Labute approximate surface area is 132 Å². The Bertz CT molecular complexity index is 623. The summed E-state index contributed by atoms with van der Waals surface area (Å²) in [7, 11) is 0. The summed E-state index contributed by atoms with van der Waals surface area (Å²) in [6.45, 7) is 1.94. The number of hydrogen-bond donors (Lipinski definition) is 3. The third kappa shape index (κ3) is 3.75. The normalized spacial score (nSPS) is 12.2. The summed E-state index contributed by atoms with van der Waals surface area (Å²) in [5.74, 6) is 0.388. The number of carbonyl (C=O) groups excluding carboxylic acids is 1. The van der Waals surface area contributed by atoms with Crippen LogP contribution in [-0.2, 0) is 6.42 Å². The van der Waals surface area contributed by atoms with Gasteiger partial charge in [-0.05, 0) is 12.1 Å². The highest BCUT2D eigenvalue weighted by Gasteiger charge is 2.17. The number of nitrogens with zero attached hydrogens (tertiary/aromatic N) is 1. The van der Waals surface area contributed by atoms with Crippen LogP contribution in [0.2, 0.25) is 10.0 Å². The zero-order valence-electron chi connectivity index (χ0n) is 11.4. The van der Waals surface area contributed by atoms with Crippen LogP contribution in [0.1, 0.15) is 34.9 Å². The van der Waals surface area contributed by atoms with Crippen LogP contribution in [0.5, 0.6) is 0 Å². The fourth-order valence-corrected chi connectivity index (χ4v) is 2.52. The molecule has 112 valence electrons. The van der Waals surface area contributed by atoms with E-state index in [1.54, 1.807) is 18.2 Å². The van der Waals surface area contributed by atoms with E-state index in [0.717, 1.165) is 5.82 Å². The highest BCUT2D eigenvalue weighted by molar-refractivity contribution is 6.36. The summed E-state index contributed by atoms with van der Waals surface area (Å²) >= 11 is 12.0. The van der Waals surface area contributed by atoms with Gasteiger partial charge < -0.3 is 15.4 Å². The molecule has 1 unspecified atom stereocenters. The summed E-state index contributed by atoms with van der Waals surface area (Å²) in [4.78, 5) is 18.9. The lowest BCUT2D eigenvalue weighted by Crippen LogP contribution is -2.28. The van der Waals surface area contributed by atoms with E-state index in [1.165, 1.54) is 6.20 Å². The minimum Gasteiger partial charge on any atom is -0.386 e. The maximum Gasteiger partial charge on any atom is 0.269 e. The lowest BCUT2D eigenvalue weighted by molar-refractivity contribution is 0.0912. The van der Waals surface area contributed by atoms with E-state index in [0.29, 0.717) is 27.7 Å². The van der Waals surface area contributed by atoms with Crippen LogP contribution in [-0.4, -0.2) is 27.5 Å². The van der Waals surface area contributed by atoms with Crippen molar-refractivity contribution in [1.29, 1.82) is 0 Å². The summed E-state index contributed by atoms with van der Waals surface area (Å²) in [6, 6.07) is 4.96. The number of nitrogens with one attached hydrogen (secondary N) is 2. The number of halogens is 2. The van der Waals surface area contributed by atoms with E-state index in [9.17, 15) is 9.90 Å². The number of aliphatic hydroxyl groups excluding tert-OH is 1. The second-order valence-corrected chi connectivity index (χ2v) is 5.27. The SMILES string of the molecule is CCc1ncc(C(=O)NCC(O)c2c(Cl)cccc2Cl)[nH]1. The molecule has 1 atom stereocenters. The Kier molecular flexibility index (Phi) is 5.22. The summed E-state index contributed by atoms with van der Waals surface area (Å²) in [5.41, 5.74) is 0.754. The molecule has 1 aromatic carbocycles. The molecule has 1 aromatic heterocycles. The van der Waals surface area contributed by atoms with Crippen molar-refractivity contribution in [3.05, 3.63) is 51.5 Å². The molecular weight excluding hydrogens is 313 g/mol. The Morgan fingerprint density at radius 3 is 2.67 bits per heavy atom. The third-order valence-corrected chi connectivity index (χ3v) is 3.66. The van der Waals surface area contributed by atoms with E-state index >= 15 is 0 Å². The molecule has 0 aliphatic carbocycles. The Morgan fingerprint density at radius 2 is 2.10 bits per heavy atom. The monoisotopic (exact) mass is 327 g/mol. The minimum atomic E-state index is -0.983. The molecule has 0 fully saturated rings. The third-order valence-electron chi connectivity index (χ3n) is 3.00. The number of aryl methyl sites for hydroxylation is 1. The van der Waals surface area contributed by atoms with Crippen molar-refractivity contribution >= 4 is 29.1 Å². The average molecular weight is 328 g/mol. The molecule has 0 spiro atoms. The first kappa shape index (κ1) is 15.8. The number of benzene rings is 1. The minimum absolute atomic E-state index is 0.00274. The number of aromatic nitrogens is 2. The van der Waals surface area contributed by atoms with Crippen LogP contribution in [0.25, 0.3) is 0 Å². The molecule has 0 aliphatic heterocycles. The van der Waals surface area contributed by atoms with Crippen molar-refractivity contribution in [2.75, 3.05) is 6.54 Å². The second-order valence-electron chi connectivity index (χ2n) is 4.46. The highest BCUT2D eigenvalue weighted by Crippen LogP contribution is 2.29. The topological polar surface area (TPSA) is 78.0 Å². The van der Waals surface area contributed by atoms with Gasteiger partial charge >= 0.3 is 0 Å². The molecule has 3 N–H and O–H groups in total. The molecule has 0 radical (unpaired) electrons. The molecule has 1 amide bonds.